The van der Waals surface area contributed by atoms with Gasteiger partial charge in [0.1, 0.15) is 9.88 Å². The highest BCUT2D eigenvalue weighted by molar-refractivity contribution is 7.18. The smallest absolute Gasteiger partial charge is 0.412 e. The molecule has 0 spiro atoms. The second kappa shape index (κ2) is 6.38. The van der Waals surface area contributed by atoms with E-state index in [0.717, 1.165) is 0 Å². The molecule has 20 heavy (non-hydrogen) atoms. The quantitative estimate of drug-likeness (QED) is 0.770. The summed E-state index contributed by atoms with van der Waals surface area (Å²) in [4.78, 5) is 33.5. The lowest BCUT2D eigenvalue weighted by molar-refractivity contribution is 0.0696. The SMILES string of the molecule is Cc1c(C(=O)O)sc(NC(=O)OCC(C)C)c1C(=O)O. The number of ether oxygens (including phenoxy) is 1. The van der Waals surface area contributed by atoms with Gasteiger partial charge in [-0.2, -0.15) is 0 Å². The fourth-order valence-corrected chi connectivity index (χ4v) is 2.46. The van der Waals surface area contributed by atoms with Gasteiger partial charge in [0.25, 0.3) is 0 Å². The predicted octanol–water partition coefficient (Wildman–Crippen LogP) is 2.66. The van der Waals surface area contributed by atoms with Crippen molar-refractivity contribution in [2.75, 3.05) is 11.9 Å². The van der Waals surface area contributed by atoms with Gasteiger partial charge >= 0.3 is 18.0 Å². The van der Waals surface area contributed by atoms with Gasteiger partial charge in [-0.1, -0.05) is 13.8 Å². The normalized spacial score (nSPS) is 10.4. The van der Waals surface area contributed by atoms with E-state index in [4.69, 9.17) is 14.9 Å². The van der Waals surface area contributed by atoms with Crippen molar-refractivity contribution < 1.29 is 29.3 Å². The summed E-state index contributed by atoms with van der Waals surface area (Å²) in [6, 6.07) is 0. The van der Waals surface area contributed by atoms with Crippen LogP contribution in [0.15, 0.2) is 0 Å². The Kier molecular flexibility index (Phi) is 5.09. The van der Waals surface area contributed by atoms with Crippen molar-refractivity contribution in [3.8, 4) is 0 Å². The van der Waals surface area contributed by atoms with Gasteiger partial charge in [0, 0.05) is 0 Å². The van der Waals surface area contributed by atoms with E-state index in [1.54, 1.807) is 0 Å². The van der Waals surface area contributed by atoms with Crippen molar-refractivity contribution in [3.63, 3.8) is 0 Å². The topological polar surface area (TPSA) is 113 Å². The molecule has 1 rings (SSSR count). The van der Waals surface area contributed by atoms with Crippen molar-refractivity contribution in [2.45, 2.75) is 20.8 Å². The minimum atomic E-state index is -1.30. The third-order valence-electron chi connectivity index (χ3n) is 2.32. The minimum absolute atomic E-state index is 0.0406. The van der Waals surface area contributed by atoms with E-state index in [-0.39, 0.29) is 33.5 Å². The second-order valence-corrected chi connectivity index (χ2v) is 5.51. The standard InChI is InChI=1S/C12H15NO6S/c1-5(2)4-19-12(18)13-9-7(10(14)15)6(3)8(20-9)11(16)17/h5H,4H2,1-3H3,(H,13,18)(H,14,15)(H,16,17). The van der Waals surface area contributed by atoms with E-state index < -0.39 is 18.0 Å². The van der Waals surface area contributed by atoms with E-state index in [1.807, 2.05) is 13.8 Å². The largest absolute Gasteiger partial charge is 0.478 e. The average Bonchev–Trinajstić information content (AvgIpc) is 2.63. The van der Waals surface area contributed by atoms with E-state index in [1.165, 1.54) is 6.92 Å². The molecule has 1 aromatic heterocycles. The Balaban J connectivity index is 3.00. The maximum absolute atomic E-state index is 11.5. The lowest BCUT2D eigenvalue weighted by Gasteiger charge is -2.08. The number of carbonyl (C=O) groups excluding carboxylic acids is 1. The molecular formula is C12H15NO6S. The Bertz CT molecular complexity index is 548. The third kappa shape index (κ3) is 3.70. The molecule has 7 nitrogen and oxygen atoms in total. The van der Waals surface area contributed by atoms with Crippen molar-refractivity contribution in [3.05, 3.63) is 16.0 Å². The summed E-state index contributed by atoms with van der Waals surface area (Å²) in [5.74, 6) is -2.40. The highest BCUT2D eigenvalue weighted by atomic mass is 32.1. The summed E-state index contributed by atoms with van der Waals surface area (Å²) in [5, 5.41) is 20.3. The van der Waals surface area contributed by atoms with Crippen molar-refractivity contribution >= 4 is 34.4 Å². The average molecular weight is 301 g/mol. The highest BCUT2D eigenvalue weighted by Crippen LogP contribution is 2.33. The number of carbonyl (C=O) groups is 3. The third-order valence-corrected chi connectivity index (χ3v) is 3.51. The van der Waals surface area contributed by atoms with E-state index in [9.17, 15) is 14.4 Å². The van der Waals surface area contributed by atoms with Crippen LogP contribution in [0, 0.1) is 12.8 Å². The highest BCUT2D eigenvalue weighted by Gasteiger charge is 2.25. The Labute approximate surface area is 119 Å². The first-order valence-electron chi connectivity index (χ1n) is 5.77. The molecule has 0 radical (unpaired) electrons. The van der Waals surface area contributed by atoms with Gasteiger partial charge in [-0.3, -0.25) is 5.32 Å². The van der Waals surface area contributed by atoms with Crippen LogP contribution in [0.5, 0.6) is 0 Å². The Hall–Kier alpha value is -2.09. The first-order valence-corrected chi connectivity index (χ1v) is 6.59. The number of hydrogen-bond donors (Lipinski definition) is 3. The number of nitrogens with one attached hydrogen (secondary N) is 1. The maximum atomic E-state index is 11.5. The molecule has 0 saturated carbocycles. The van der Waals surface area contributed by atoms with Crippen LogP contribution in [0.4, 0.5) is 9.80 Å². The van der Waals surface area contributed by atoms with Crippen LogP contribution in [0.3, 0.4) is 0 Å². The molecular weight excluding hydrogens is 286 g/mol. The molecule has 0 aromatic carbocycles. The summed E-state index contributed by atoms with van der Waals surface area (Å²) >= 11 is 0.693. The second-order valence-electron chi connectivity index (χ2n) is 4.49. The Morgan fingerprint density at radius 3 is 2.30 bits per heavy atom. The summed E-state index contributed by atoms with van der Waals surface area (Å²) in [6.07, 6.45) is -0.806. The fraction of sp³-hybridized carbons (Fsp3) is 0.417. The zero-order valence-electron chi connectivity index (χ0n) is 11.2. The van der Waals surface area contributed by atoms with Crippen molar-refractivity contribution in [1.82, 2.24) is 0 Å². The number of aromatic carboxylic acids is 2. The number of hydrogen-bond acceptors (Lipinski definition) is 5. The summed E-state index contributed by atoms with van der Waals surface area (Å²) in [7, 11) is 0. The van der Waals surface area contributed by atoms with Gasteiger partial charge in [0.15, 0.2) is 0 Å². The van der Waals surface area contributed by atoms with Gasteiger partial charge in [-0.15, -0.1) is 11.3 Å². The molecule has 0 unspecified atom stereocenters. The van der Waals surface area contributed by atoms with Crippen LogP contribution in [-0.4, -0.2) is 34.9 Å². The van der Waals surface area contributed by atoms with E-state index in [2.05, 4.69) is 5.32 Å². The summed E-state index contributed by atoms with van der Waals surface area (Å²) < 4.78 is 4.87. The van der Waals surface area contributed by atoms with Gasteiger partial charge in [0.05, 0.1) is 12.2 Å². The lowest BCUT2D eigenvalue weighted by Crippen LogP contribution is -2.17. The molecule has 0 fully saturated rings. The lowest BCUT2D eigenvalue weighted by atomic mass is 10.1. The number of thiophene rings is 1. The summed E-state index contributed by atoms with van der Waals surface area (Å²) in [5.41, 5.74) is -0.122. The molecule has 0 saturated heterocycles. The van der Waals surface area contributed by atoms with Gasteiger partial charge < -0.3 is 14.9 Å². The zero-order valence-corrected chi connectivity index (χ0v) is 12.0. The molecule has 0 aliphatic heterocycles. The summed E-state index contributed by atoms with van der Waals surface area (Å²) in [6.45, 7) is 5.28. The molecule has 3 N–H and O–H groups in total. The molecule has 8 heteroatoms. The molecule has 1 heterocycles. The first-order chi connectivity index (χ1) is 9.23. The number of carboxylic acids is 2. The van der Waals surface area contributed by atoms with Gasteiger partial charge in [-0.25, -0.2) is 14.4 Å². The monoisotopic (exact) mass is 301 g/mol. The number of anilines is 1. The zero-order chi connectivity index (χ0) is 15.4. The fourth-order valence-electron chi connectivity index (χ4n) is 1.43. The molecule has 110 valence electrons. The number of amides is 1. The maximum Gasteiger partial charge on any atom is 0.412 e. The van der Waals surface area contributed by atoms with Crippen LogP contribution in [0.25, 0.3) is 0 Å². The Morgan fingerprint density at radius 2 is 1.85 bits per heavy atom. The van der Waals surface area contributed by atoms with E-state index in [0.29, 0.717) is 11.3 Å². The number of rotatable bonds is 5. The van der Waals surface area contributed by atoms with Crippen LogP contribution in [0.2, 0.25) is 0 Å². The van der Waals surface area contributed by atoms with Crippen LogP contribution >= 0.6 is 11.3 Å². The van der Waals surface area contributed by atoms with Crippen molar-refractivity contribution in [1.29, 1.82) is 0 Å². The predicted molar refractivity (Wildman–Crippen MR) is 72.8 cm³/mol. The van der Waals surface area contributed by atoms with Crippen LogP contribution in [0.1, 0.15) is 39.4 Å². The van der Waals surface area contributed by atoms with Gasteiger partial charge in [-0.05, 0) is 18.4 Å². The molecule has 1 aromatic rings. The molecule has 1 amide bonds. The van der Waals surface area contributed by atoms with Crippen LogP contribution in [-0.2, 0) is 4.74 Å². The molecule has 0 bridgehead atoms. The van der Waals surface area contributed by atoms with Crippen LogP contribution < -0.4 is 5.32 Å². The van der Waals surface area contributed by atoms with E-state index >= 15 is 0 Å². The molecule has 0 atom stereocenters. The Morgan fingerprint density at radius 1 is 1.25 bits per heavy atom. The minimum Gasteiger partial charge on any atom is -0.478 e. The number of carboxylic acid groups (broad SMARTS) is 2. The van der Waals surface area contributed by atoms with Gasteiger partial charge in [0.2, 0.25) is 0 Å². The first kappa shape index (κ1) is 16.0. The van der Waals surface area contributed by atoms with Crippen molar-refractivity contribution in [2.24, 2.45) is 5.92 Å². The molecule has 0 aliphatic carbocycles. The molecule has 0 aliphatic rings.